The van der Waals surface area contributed by atoms with Gasteiger partial charge in [0.2, 0.25) is 0 Å². The Morgan fingerprint density at radius 1 is 1.37 bits per heavy atom. The van der Waals surface area contributed by atoms with E-state index in [1.165, 1.54) is 30.6 Å². The number of nitrogens with two attached hydrogens (primary N) is 1. The lowest BCUT2D eigenvalue weighted by atomic mass is 9.98. The summed E-state index contributed by atoms with van der Waals surface area (Å²) in [5.74, 6) is 2.84. The molecule has 1 heterocycles. The first-order chi connectivity index (χ1) is 9.19. The van der Waals surface area contributed by atoms with Gasteiger partial charge in [-0.2, -0.15) is 0 Å². The summed E-state index contributed by atoms with van der Waals surface area (Å²) in [5, 5.41) is 0. The molecule has 3 nitrogen and oxygen atoms in total. The molecule has 1 saturated carbocycles. The van der Waals surface area contributed by atoms with Crippen LogP contribution < -0.4 is 5.73 Å². The largest absolute Gasteiger partial charge is 0.399 e. The lowest BCUT2D eigenvalue weighted by Gasteiger charge is -2.18. The minimum atomic E-state index is 0.800. The van der Waals surface area contributed by atoms with Gasteiger partial charge in [0.05, 0.1) is 11.0 Å². The van der Waals surface area contributed by atoms with Crippen molar-refractivity contribution in [1.29, 1.82) is 0 Å². The highest BCUT2D eigenvalue weighted by Gasteiger charge is 2.25. The molecule has 1 aromatic carbocycles. The Hall–Kier alpha value is -1.51. The molecular formula is C16H23N3. The fourth-order valence-electron chi connectivity index (χ4n) is 3.40. The smallest absolute Gasteiger partial charge is 0.109 e. The number of anilines is 1. The summed E-state index contributed by atoms with van der Waals surface area (Å²) >= 11 is 0. The monoisotopic (exact) mass is 257 g/mol. The molecule has 2 aromatic rings. The van der Waals surface area contributed by atoms with Gasteiger partial charge in [0.25, 0.3) is 0 Å². The van der Waals surface area contributed by atoms with Gasteiger partial charge in [-0.1, -0.05) is 26.7 Å². The van der Waals surface area contributed by atoms with Crippen LogP contribution in [-0.4, -0.2) is 9.55 Å². The maximum Gasteiger partial charge on any atom is 0.109 e. The maximum absolute atomic E-state index is 5.86. The molecule has 1 fully saturated rings. The number of imidazole rings is 1. The maximum atomic E-state index is 5.86. The molecular weight excluding hydrogens is 234 g/mol. The molecule has 1 aliphatic rings. The topological polar surface area (TPSA) is 43.8 Å². The van der Waals surface area contributed by atoms with Crippen molar-refractivity contribution in [1.82, 2.24) is 9.55 Å². The fourth-order valence-corrected chi connectivity index (χ4v) is 3.40. The second-order valence-corrected chi connectivity index (χ2v) is 5.91. The van der Waals surface area contributed by atoms with Crippen LogP contribution in [-0.2, 0) is 13.0 Å². The molecule has 1 aliphatic carbocycles. The molecule has 2 atom stereocenters. The van der Waals surface area contributed by atoms with Gasteiger partial charge in [0.1, 0.15) is 5.82 Å². The molecule has 0 saturated heterocycles. The van der Waals surface area contributed by atoms with Crippen LogP contribution in [0.5, 0.6) is 0 Å². The molecule has 3 rings (SSSR count). The van der Waals surface area contributed by atoms with Crippen LogP contribution in [0.1, 0.15) is 38.9 Å². The normalized spacial score (nSPS) is 23.3. The minimum absolute atomic E-state index is 0.800. The van der Waals surface area contributed by atoms with Gasteiger partial charge in [0.15, 0.2) is 0 Å². The summed E-state index contributed by atoms with van der Waals surface area (Å²) in [6.45, 7) is 5.68. The molecule has 3 heteroatoms. The number of nitrogens with zero attached hydrogens (tertiary/aromatic N) is 2. The summed E-state index contributed by atoms with van der Waals surface area (Å²) in [6.07, 6.45) is 5.10. The Morgan fingerprint density at radius 3 is 2.89 bits per heavy atom. The molecule has 102 valence electrons. The first-order valence-corrected chi connectivity index (χ1v) is 7.43. The summed E-state index contributed by atoms with van der Waals surface area (Å²) in [5.41, 5.74) is 8.95. The van der Waals surface area contributed by atoms with Crippen molar-refractivity contribution in [3.63, 3.8) is 0 Å². The number of fused-ring (bicyclic) bond motifs is 1. The van der Waals surface area contributed by atoms with Crippen molar-refractivity contribution in [2.24, 2.45) is 11.8 Å². The molecule has 0 amide bonds. The Balaban J connectivity index is 2.00. The van der Waals surface area contributed by atoms with E-state index in [1.54, 1.807) is 0 Å². The zero-order chi connectivity index (χ0) is 13.4. The highest BCUT2D eigenvalue weighted by Crippen LogP contribution is 2.33. The van der Waals surface area contributed by atoms with E-state index in [-0.39, 0.29) is 0 Å². The number of aryl methyl sites for hydroxylation is 1. The number of benzene rings is 1. The van der Waals surface area contributed by atoms with Crippen LogP contribution >= 0.6 is 0 Å². The van der Waals surface area contributed by atoms with E-state index in [9.17, 15) is 0 Å². The third-order valence-corrected chi connectivity index (χ3v) is 4.62. The number of hydrogen-bond donors (Lipinski definition) is 1. The Labute approximate surface area is 114 Å². The molecule has 2 N–H and O–H groups in total. The number of rotatable bonds is 3. The number of aromatic nitrogens is 2. The van der Waals surface area contributed by atoms with Crippen molar-refractivity contribution in [2.45, 2.75) is 46.1 Å². The Bertz CT molecular complexity index is 585. The van der Waals surface area contributed by atoms with Crippen molar-refractivity contribution in [3.05, 3.63) is 24.0 Å². The van der Waals surface area contributed by atoms with Crippen LogP contribution in [0.25, 0.3) is 11.0 Å². The molecule has 0 bridgehead atoms. The molecule has 19 heavy (non-hydrogen) atoms. The van der Waals surface area contributed by atoms with Crippen LogP contribution in [0.2, 0.25) is 0 Å². The number of hydrogen-bond acceptors (Lipinski definition) is 2. The van der Waals surface area contributed by atoms with E-state index >= 15 is 0 Å². The summed E-state index contributed by atoms with van der Waals surface area (Å²) in [6, 6.07) is 6.09. The second kappa shape index (κ2) is 4.87. The van der Waals surface area contributed by atoms with E-state index in [0.29, 0.717) is 0 Å². The lowest BCUT2D eigenvalue weighted by molar-refractivity contribution is 0.363. The van der Waals surface area contributed by atoms with Crippen molar-refractivity contribution >= 4 is 16.7 Å². The first-order valence-electron chi connectivity index (χ1n) is 7.43. The Morgan fingerprint density at radius 2 is 2.21 bits per heavy atom. The van der Waals surface area contributed by atoms with E-state index in [4.69, 9.17) is 10.7 Å². The molecule has 2 unspecified atom stereocenters. The van der Waals surface area contributed by atoms with E-state index in [2.05, 4.69) is 24.5 Å². The summed E-state index contributed by atoms with van der Waals surface area (Å²) in [4.78, 5) is 4.74. The van der Waals surface area contributed by atoms with Crippen molar-refractivity contribution < 1.29 is 0 Å². The molecule has 0 radical (unpaired) electrons. The third-order valence-electron chi connectivity index (χ3n) is 4.62. The zero-order valence-corrected chi connectivity index (χ0v) is 11.9. The van der Waals surface area contributed by atoms with Gasteiger partial charge >= 0.3 is 0 Å². The predicted molar refractivity (Wildman–Crippen MR) is 80.0 cm³/mol. The summed E-state index contributed by atoms with van der Waals surface area (Å²) < 4.78 is 2.42. The van der Waals surface area contributed by atoms with Gasteiger partial charge in [-0.25, -0.2) is 4.98 Å². The first kappa shape index (κ1) is 12.5. The highest BCUT2D eigenvalue weighted by molar-refractivity contribution is 5.79. The van der Waals surface area contributed by atoms with Crippen LogP contribution in [0.3, 0.4) is 0 Å². The quantitative estimate of drug-likeness (QED) is 0.853. The van der Waals surface area contributed by atoms with Gasteiger partial charge in [-0.15, -0.1) is 0 Å². The van der Waals surface area contributed by atoms with Crippen molar-refractivity contribution in [3.8, 4) is 0 Å². The van der Waals surface area contributed by atoms with Gasteiger partial charge < -0.3 is 10.3 Å². The minimum Gasteiger partial charge on any atom is -0.399 e. The molecule has 0 aliphatic heterocycles. The van der Waals surface area contributed by atoms with Crippen LogP contribution in [0, 0.1) is 11.8 Å². The van der Waals surface area contributed by atoms with E-state index in [0.717, 1.165) is 36.0 Å². The molecule has 1 aromatic heterocycles. The average Bonchev–Trinajstić information content (AvgIpc) is 2.94. The lowest BCUT2D eigenvalue weighted by Crippen LogP contribution is -2.15. The standard InChI is InChI=1S/C16H23N3/c1-3-16-18-14-9-13(17)7-8-15(14)19(16)10-12-6-4-5-11(12)2/h7-9,11-12H,3-6,10,17H2,1-2H3. The van der Waals surface area contributed by atoms with Gasteiger partial charge in [-0.3, -0.25) is 0 Å². The predicted octanol–water partition coefficient (Wildman–Crippen LogP) is 3.62. The fraction of sp³-hybridized carbons (Fsp3) is 0.562. The Kier molecular flexibility index (Phi) is 3.21. The average molecular weight is 257 g/mol. The van der Waals surface area contributed by atoms with E-state index in [1.807, 2.05) is 12.1 Å². The summed E-state index contributed by atoms with van der Waals surface area (Å²) in [7, 11) is 0. The highest BCUT2D eigenvalue weighted by atomic mass is 15.1. The second-order valence-electron chi connectivity index (χ2n) is 5.91. The third kappa shape index (κ3) is 2.22. The zero-order valence-electron chi connectivity index (χ0n) is 11.9. The molecule has 0 spiro atoms. The van der Waals surface area contributed by atoms with Gasteiger partial charge in [0, 0.05) is 18.7 Å². The van der Waals surface area contributed by atoms with Crippen LogP contribution in [0.4, 0.5) is 5.69 Å². The van der Waals surface area contributed by atoms with Crippen molar-refractivity contribution in [2.75, 3.05) is 5.73 Å². The van der Waals surface area contributed by atoms with E-state index < -0.39 is 0 Å². The SMILES string of the molecule is CCc1nc2cc(N)ccc2n1CC1CCCC1C. The van der Waals surface area contributed by atoms with Crippen LogP contribution in [0.15, 0.2) is 18.2 Å². The van der Waals surface area contributed by atoms with Gasteiger partial charge in [-0.05, 0) is 36.5 Å². The number of nitrogen functional groups attached to an aromatic ring is 1.